The lowest BCUT2D eigenvalue weighted by Crippen LogP contribution is -2.46. The fourth-order valence-corrected chi connectivity index (χ4v) is 0.300. The van der Waals surface area contributed by atoms with Crippen molar-refractivity contribution in [2.24, 2.45) is 10.7 Å². The highest BCUT2D eigenvalue weighted by molar-refractivity contribution is 8.93. The van der Waals surface area contributed by atoms with Gasteiger partial charge in [-0.1, -0.05) is 0 Å². The van der Waals surface area contributed by atoms with Gasteiger partial charge in [0.25, 0.3) is 5.96 Å². The number of nitrogens with zero attached hydrogens (tertiary/aromatic N) is 2. The molecule has 3 nitrogen and oxygen atoms in total. The lowest BCUT2D eigenvalue weighted by atomic mass is 10.7. The Kier molecular flexibility index (Phi) is 4.99. The van der Waals surface area contributed by atoms with Crippen LogP contribution in [0.4, 0.5) is 0 Å². The molecular formula is C5H15BrN3+. The van der Waals surface area contributed by atoms with Crippen molar-refractivity contribution < 1.29 is 4.48 Å². The van der Waals surface area contributed by atoms with Gasteiger partial charge in [0.05, 0.1) is 21.1 Å². The molecule has 0 spiro atoms. The van der Waals surface area contributed by atoms with E-state index in [1.807, 2.05) is 21.1 Å². The topological polar surface area (TPSA) is 38.4 Å². The van der Waals surface area contributed by atoms with Crippen molar-refractivity contribution >= 4 is 22.9 Å². The maximum absolute atomic E-state index is 5.47. The Hall–Kier alpha value is -0.0900. The van der Waals surface area contributed by atoms with Crippen LogP contribution in [-0.4, -0.2) is 38.6 Å². The molecule has 0 aromatic carbocycles. The van der Waals surface area contributed by atoms with Crippen molar-refractivity contribution in [3.8, 4) is 0 Å². The Morgan fingerprint density at radius 2 is 1.67 bits per heavy atom. The van der Waals surface area contributed by atoms with E-state index < -0.39 is 0 Å². The molecule has 0 amide bonds. The van der Waals surface area contributed by atoms with Gasteiger partial charge in [0.15, 0.2) is 0 Å². The average Bonchev–Trinajstić information content (AvgIpc) is 1.62. The van der Waals surface area contributed by atoms with Crippen molar-refractivity contribution in [1.29, 1.82) is 0 Å². The number of aliphatic imine (C=N–C) groups is 1. The van der Waals surface area contributed by atoms with Gasteiger partial charge in [-0.05, 0) is 0 Å². The molecule has 0 aliphatic heterocycles. The molecule has 4 heteroatoms. The minimum absolute atomic E-state index is 0. The van der Waals surface area contributed by atoms with Crippen LogP contribution in [0, 0.1) is 0 Å². The van der Waals surface area contributed by atoms with Crippen molar-refractivity contribution in [2.45, 2.75) is 0 Å². The molecule has 0 atom stereocenters. The second-order valence-corrected chi connectivity index (χ2v) is 2.59. The standard InChI is InChI=1S/C5H14N3.BrH/c1-7-5(6)8(2,3)4;/h1-4H3,(H2,6,7);1H/q+1;. The molecule has 0 bridgehead atoms. The highest BCUT2D eigenvalue weighted by Crippen LogP contribution is 1.86. The van der Waals surface area contributed by atoms with Gasteiger partial charge in [0.2, 0.25) is 0 Å². The maximum Gasteiger partial charge on any atom is 0.294 e. The van der Waals surface area contributed by atoms with Gasteiger partial charge in [-0.15, -0.1) is 17.0 Å². The van der Waals surface area contributed by atoms with Crippen LogP contribution in [0.2, 0.25) is 0 Å². The number of rotatable bonds is 0. The lowest BCUT2D eigenvalue weighted by molar-refractivity contribution is -0.778. The van der Waals surface area contributed by atoms with Gasteiger partial charge in [-0.25, -0.2) is 4.99 Å². The Balaban J connectivity index is 0. The van der Waals surface area contributed by atoms with Crippen molar-refractivity contribution in [3.05, 3.63) is 0 Å². The molecule has 2 N–H and O–H groups in total. The molecule has 0 unspecified atom stereocenters. The van der Waals surface area contributed by atoms with Gasteiger partial charge < -0.3 is 5.73 Å². The quantitative estimate of drug-likeness (QED) is 0.336. The number of nitrogens with two attached hydrogens (primary N) is 1. The van der Waals surface area contributed by atoms with Gasteiger partial charge in [0.1, 0.15) is 0 Å². The number of hydrogen-bond donors (Lipinski definition) is 1. The molecule has 0 saturated heterocycles. The lowest BCUT2D eigenvalue weighted by Gasteiger charge is -2.20. The number of guanidine groups is 1. The third-order valence-electron chi connectivity index (χ3n) is 0.916. The number of quaternary nitrogens is 1. The highest BCUT2D eigenvalue weighted by atomic mass is 79.9. The molecule has 9 heavy (non-hydrogen) atoms. The molecule has 0 heterocycles. The third kappa shape index (κ3) is 4.42. The fraction of sp³-hybridized carbons (Fsp3) is 0.800. The Morgan fingerprint density at radius 3 is 1.67 bits per heavy atom. The first-order chi connectivity index (χ1) is 3.48. The van der Waals surface area contributed by atoms with Crippen molar-refractivity contribution in [3.63, 3.8) is 0 Å². The van der Waals surface area contributed by atoms with Gasteiger partial charge in [0, 0.05) is 7.05 Å². The molecule has 56 valence electrons. The molecule has 0 aromatic heterocycles. The first kappa shape index (κ1) is 11.7. The zero-order valence-corrected chi connectivity index (χ0v) is 8.09. The van der Waals surface area contributed by atoms with E-state index in [1.165, 1.54) is 0 Å². The van der Waals surface area contributed by atoms with E-state index in [0.29, 0.717) is 10.4 Å². The van der Waals surface area contributed by atoms with Crippen LogP contribution in [0.1, 0.15) is 0 Å². The van der Waals surface area contributed by atoms with E-state index in [2.05, 4.69) is 4.99 Å². The molecule has 0 fully saturated rings. The predicted octanol–water partition coefficient (Wildman–Crippen LogP) is 0.215. The summed E-state index contributed by atoms with van der Waals surface area (Å²) in [6.45, 7) is 0. The molecule has 0 aliphatic rings. The summed E-state index contributed by atoms with van der Waals surface area (Å²) >= 11 is 0. The minimum Gasteiger partial charge on any atom is -0.338 e. The zero-order chi connectivity index (χ0) is 6.78. The molecule has 0 aliphatic carbocycles. The summed E-state index contributed by atoms with van der Waals surface area (Å²) in [7, 11) is 7.62. The van der Waals surface area contributed by atoms with Crippen molar-refractivity contribution in [2.75, 3.05) is 28.2 Å². The Bertz CT molecular complexity index is 103. The summed E-state index contributed by atoms with van der Waals surface area (Å²) in [5.41, 5.74) is 5.47. The first-order valence-electron chi connectivity index (χ1n) is 2.52. The first-order valence-corrected chi connectivity index (χ1v) is 2.52. The minimum atomic E-state index is 0. The van der Waals surface area contributed by atoms with Gasteiger partial charge >= 0.3 is 0 Å². The van der Waals surface area contributed by atoms with Gasteiger partial charge in [-0.3, -0.25) is 4.48 Å². The second kappa shape index (κ2) is 3.85. The summed E-state index contributed by atoms with van der Waals surface area (Å²) < 4.78 is 0.608. The van der Waals surface area contributed by atoms with Gasteiger partial charge in [-0.2, -0.15) is 0 Å². The SMILES string of the molecule is Br.CN=C(N)[N+](C)(C)C. The smallest absolute Gasteiger partial charge is 0.294 e. The normalized spacial score (nSPS) is 12.7. The van der Waals surface area contributed by atoms with Crippen molar-refractivity contribution in [1.82, 2.24) is 0 Å². The van der Waals surface area contributed by atoms with Crippen LogP contribution in [0.5, 0.6) is 0 Å². The Labute approximate surface area is 66.9 Å². The summed E-state index contributed by atoms with van der Waals surface area (Å²) in [4.78, 5) is 3.83. The van der Waals surface area contributed by atoms with E-state index in [9.17, 15) is 0 Å². The van der Waals surface area contributed by atoms with E-state index in [1.54, 1.807) is 7.05 Å². The second-order valence-electron chi connectivity index (χ2n) is 2.59. The van der Waals surface area contributed by atoms with E-state index >= 15 is 0 Å². The van der Waals surface area contributed by atoms with E-state index in [4.69, 9.17) is 5.73 Å². The zero-order valence-electron chi connectivity index (χ0n) is 6.38. The molecule has 0 radical (unpaired) electrons. The predicted molar refractivity (Wildman–Crippen MR) is 45.9 cm³/mol. The highest BCUT2D eigenvalue weighted by Gasteiger charge is 2.10. The van der Waals surface area contributed by atoms with Crippen LogP contribution < -0.4 is 5.73 Å². The summed E-state index contributed by atoms with van der Waals surface area (Å²) in [5.74, 6) is 0.644. The summed E-state index contributed by atoms with van der Waals surface area (Å²) in [6, 6.07) is 0. The maximum atomic E-state index is 5.47. The molecule has 0 aromatic rings. The monoisotopic (exact) mass is 196 g/mol. The Morgan fingerprint density at radius 1 is 1.33 bits per heavy atom. The largest absolute Gasteiger partial charge is 0.338 e. The van der Waals surface area contributed by atoms with Crippen LogP contribution >= 0.6 is 17.0 Å². The molecule has 0 rings (SSSR count). The van der Waals surface area contributed by atoms with Crippen LogP contribution in [0.3, 0.4) is 0 Å². The van der Waals surface area contributed by atoms with Crippen LogP contribution in [0.15, 0.2) is 4.99 Å². The average molecular weight is 197 g/mol. The van der Waals surface area contributed by atoms with E-state index in [0.717, 1.165) is 0 Å². The third-order valence-corrected chi connectivity index (χ3v) is 0.916. The summed E-state index contributed by atoms with van der Waals surface area (Å²) in [6.07, 6.45) is 0. The summed E-state index contributed by atoms with van der Waals surface area (Å²) in [5, 5.41) is 0. The fourth-order valence-electron chi connectivity index (χ4n) is 0.300. The number of hydrogen-bond acceptors (Lipinski definition) is 1. The molecule has 0 saturated carbocycles. The van der Waals surface area contributed by atoms with Crippen LogP contribution in [0.25, 0.3) is 0 Å². The molecular weight excluding hydrogens is 182 g/mol. The number of halogens is 1. The van der Waals surface area contributed by atoms with Crippen LogP contribution in [-0.2, 0) is 0 Å². The van der Waals surface area contributed by atoms with E-state index in [-0.39, 0.29) is 17.0 Å².